The van der Waals surface area contributed by atoms with Gasteiger partial charge in [0.05, 0.1) is 19.3 Å². The van der Waals surface area contributed by atoms with Gasteiger partial charge < -0.3 is 29.3 Å². The summed E-state index contributed by atoms with van der Waals surface area (Å²) < 4.78 is 12.0. The number of anilines is 2. The predicted octanol–water partition coefficient (Wildman–Crippen LogP) is 4.07. The molecule has 2 saturated heterocycles. The van der Waals surface area contributed by atoms with Gasteiger partial charge >= 0.3 is 0 Å². The minimum absolute atomic E-state index is 0.0547. The van der Waals surface area contributed by atoms with Crippen molar-refractivity contribution in [3.63, 3.8) is 0 Å². The molecule has 8 nitrogen and oxygen atoms in total. The highest BCUT2D eigenvalue weighted by molar-refractivity contribution is 5.74. The summed E-state index contributed by atoms with van der Waals surface area (Å²) in [5.41, 5.74) is 6.45. The monoisotopic (exact) mass is 536 g/mol. The molecule has 0 spiro atoms. The second kappa shape index (κ2) is 10.5. The Labute approximate surface area is 233 Å². The van der Waals surface area contributed by atoms with E-state index in [0.29, 0.717) is 0 Å². The predicted molar refractivity (Wildman–Crippen MR) is 155 cm³/mol. The minimum Gasteiger partial charge on any atom is -0.497 e. The fourth-order valence-corrected chi connectivity index (χ4v) is 7.00. The molecular formula is C31H44N4O4. The lowest BCUT2D eigenvalue weighted by Gasteiger charge is -2.42. The number of nitrogens with zero attached hydrogens (tertiary/aromatic N) is 4. The summed E-state index contributed by atoms with van der Waals surface area (Å²) in [5, 5.41) is 11.0. The molecule has 0 radical (unpaired) electrons. The molecule has 2 aromatic rings. The largest absolute Gasteiger partial charge is 0.497 e. The molecule has 39 heavy (non-hydrogen) atoms. The van der Waals surface area contributed by atoms with Crippen molar-refractivity contribution >= 4 is 17.3 Å². The molecule has 8 heteroatoms. The number of rotatable bonds is 5. The molecule has 3 aliphatic rings. The summed E-state index contributed by atoms with van der Waals surface area (Å²) in [7, 11) is 1.69. The third-order valence-electron chi connectivity index (χ3n) is 8.88. The highest BCUT2D eigenvalue weighted by Crippen LogP contribution is 2.54. The molecule has 0 saturated carbocycles. The molecule has 212 valence electrons. The van der Waals surface area contributed by atoms with Gasteiger partial charge in [-0.1, -0.05) is 0 Å². The lowest BCUT2D eigenvalue weighted by molar-refractivity contribution is -0.131. The number of carbonyl (C=O) groups is 1. The van der Waals surface area contributed by atoms with Crippen molar-refractivity contribution in [1.29, 1.82) is 0 Å². The number of hydrogen-bond acceptors (Lipinski definition) is 7. The van der Waals surface area contributed by atoms with Crippen molar-refractivity contribution in [2.45, 2.75) is 59.3 Å². The zero-order chi connectivity index (χ0) is 28.1. The van der Waals surface area contributed by atoms with Crippen LogP contribution in [0.5, 0.6) is 11.5 Å². The van der Waals surface area contributed by atoms with Crippen LogP contribution in [0, 0.1) is 13.8 Å². The quantitative estimate of drug-likeness (QED) is 0.618. The molecule has 1 N–H and O–H groups in total. The Morgan fingerprint density at radius 2 is 1.56 bits per heavy atom. The van der Waals surface area contributed by atoms with Gasteiger partial charge in [0.15, 0.2) is 0 Å². The average molecular weight is 537 g/mol. The maximum atomic E-state index is 12.0. The molecule has 0 bridgehead atoms. The second-order valence-electron chi connectivity index (χ2n) is 11.8. The van der Waals surface area contributed by atoms with E-state index in [9.17, 15) is 9.90 Å². The van der Waals surface area contributed by atoms with Crippen molar-refractivity contribution in [3.8, 4) is 11.5 Å². The molecule has 3 heterocycles. The Bertz CT molecular complexity index is 1210. The first kappa shape index (κ1) is 27.6. The third-order valence-corrected chi connectivity index (χ3v) is 8.88. The van der Waals surface area contributed by atoms with Crippen LogP contribution in [0.3, 0.4) is 0 Å². The summed E-state index contributed by atoms with van der Waals surface area (Å²) in [4.78, 5) is 21.3. The van der Waals surface area contributed by atoms with E-state index in [4.69, 9.17) is 9.47 Å². The maximum absolute atomic E-state index is 12.0. The number of benzene rings is 2. The number of amides is 1. The summed E-state index contributed by atoms with van der Waals surface area (Å²) >= 11 is 0. The van der Waals surface area contributed by atoms with Crippen molar-refractivity contribution in [2.75, 3.05) is 69.3 Å². The van der Waals surface area contributed by atoms with E-state index in [-0.39, 0.29) is 11.9 Å². The molecule has 2 unspecified atom stereocenters. The van der Waals surface area contributed by atoms with Crippen molar-refractivity contribution in [1.82, 2.24) is 9.80 Å². The van der Waals surface area contributed by atoms with Crippen LogP contribution in [0.2, 0.25) is 0 Å². The lowest BCUT2D eigenvalue weighted by Crippen LogP contribution is -2.52. The molecule has 0 aromatic heterocycles. The Kier molecular flexibility index (Phi) is 7.46. The van der Waals surface area contributed by atoms with Crippen molar-refractivity contribution in [3.05, 3.63) is 46.5 Å². The Morgan fingerprint density at radius 3 is 2.10 bits per heavy atom. The van der Waals surface area contributed by atoms with Crippen LogP contribution in [-0.4, -0.2) is 85.9 Å². The Hall–Kier alpha value is -2.97. The number of piperazine rings is 2. The van der Waals surface area contributed by atoms with Crippen LogP contribution in [0.4, 0.5) is 11.4 Å². The first-order valence-corrected chi connectivity index (χ1v) is 14.2. The summed E-state index contributed by atoms with van der Waals surface area (Å²) in [6.45, 7) is 18.9. The van der Waals surface area contributed by atoms with Gasteiger partial charge in [0, 0.05) is 81.8 Å². The zero-order valence-electron chi connectivity index (χ0n) is 24.6. The Morgan fingerprint density at radius 1 is 0.974 bits per heavy atom. The summed E-state index contributed by atoms with van der Waals surface area (Å²) in [5.74, 6) is 1.86. The first-order chi connectivity index (χ1) is 18.5. The highest BCUT2D eigenvalue weighted by atomic mass is 16.5. The van der Waals surface area contributed by atoms with Crippen LogP contribution in [0.15, 0.2) is 24.3 Å². The fourth-order valence-electron chi connectivity index (χ4n) is 7.00. The van der Waals surface area contributed by atoms with E-state index in [1.165, 1.54) is 22.5 Å². The third kappa shape index (κ3) is 4.93. The van der Waals surface area contributed by atoms with Crippen LogP contribution in [-0.2, 0) is 4.79 Å². The van der Waals surface area contributed by atoms with Gasteiger partial charge in [-0.2, -0.15) is 0 Å². The molecule has 2 aromatic carbocycles. The van der Waals surface area contributed by atoms with Crippen LogP contribution < -0.4 is 19.3 Å². The fraction of sp³-hybridized carbons (Fsp3) is 0.581. The summed E-state index contributed by atoms with van der Waals surface area (Å²) in [6.07, 6.45) is -0.636. The first-order valence-electron chi connectivity index (χ1n) is 14.2. The van der Waals surface area contributed by atoms with Crippen LogP contribution in [0.1, 0.15) is 62.1 Å². The van der Waals surface area contributed by atoms with E-state index in [2.05, 4.69) is 54.5 Å². The molecule has 5 rings (SSSR count). The number of fused-ring (bicyclic) bond motifs is 1. The maximum Gasteiger partial charge on any atom is 0.219 e. The molecule has 2 fully saturated rings. The number of hydrogen-bond donors (Lipinski definition) is 1. The van der Waals surface area contributed by atoms with Crippen molar-refractivity contribution < 1.29 is 19.4 Å². The number of carbonyl (C=O) groups excluding carboxylic acids is 1. The average Bonchev–Trinajstić information content (AvgIpc) is 3.19. The lowest BCUT2D eigenvalue weighted by atomic mass is 9.85. The van der Waals surface area contributed by atoms with Gasteiger partial charge in [-0.15, -0.1) is 0 Å². The topological polar surface area (TPSA) is 68.7 Å². The molecule has 1 amide bonds. The number of ether oxygens (including phenoxy) is 2. The van der Waals surface area contributed by atoms with E-state index in [0.717, 1.165) is 75.0 Å². The van der Waals surface area contributed by atoms with E-state index in [1.54, 1.807) is 14.0 Å². The van der Waals surface area contributed by atoms with Crippen molar-refractivity contribution in [2.24, 2.45) is 0 Å². The normalized spacial score (nSPS) is 21.9. The van der Waals surface area contributed by atoms with E-state index >= 15 is 0 Å². The molecule has 3 aliphatic heterocycles. The highest BCUT2D eigenvalue weighted by Gasteiger charge is 2.48. The van der Waals surface area contributed by atoms with E-state index < -0.39 is 11.7 Å². The van der Waals surface area contributed by atoms with E-state index in [1.807, 2.05) is 24.0 Å². The van der Waals surface area contributed by atoms with Gasteiger partial charge in [-0.3, -0.25) is 9.69 Å². The standard InChI is InChI=1S/C31H44N4O4/c1-20-26(22(3)36)29-27(30(31(5,6)39-29)35-18-12-32(13-19-35)23(4)37)21(2)28(20)34-16-14-33(15-17-34)24-8-10-25(38-7)11-9-24/h8-11,22,30,36H,12-19H2,1-7H3. The van der Waals surface area contributed by atoms with Crippen LogP contribution >= 0.6 is 0 Å². The number of aliphatic hydroxyl groups excluding tert-OH is 1. The SMILES string of the molecule is COc1ccc(N2CCN(c3c(C)c(C(C)O)c4c(c3C)C(N3CCN(C(C)=O)CC3)C(C)(C)O4)CC2)cc1. The molecule has 2 atom stereocenters. The van der Waals surface area contributed by atoms with Gasteiger partial charge in [-0.05, 0) is 70.0 Å². The molecule has 0 aliphatic carbocycles. The van der Waals surface area contributed by atoms with Gasteiger partial charge in [0.25, 0.3) is 0 Å². The summed E-state index contributed by atoms with van der Waals surface area (Å²) in [6, 6.07) is 8.34. The number of aliphatic hydroxyl groups is 1. The van der Waals surface area contributed by atoms with Gasteiger partial charge in [-0.25, -0.2) is 0 Å². The second-order valence-corrected chi connectivity index (χ2v) is 11.8. The minimum atomic E-state index is -0.636. The molecular weight excluding hydrogens is 492 g/mol. The van der Waals surface area contributed by atoms with Gasteiger partial charge in [0.2, 0.25) is 5.91 Å². The smallest absolute Gasteiger partial charge is 0.219 e. The van der Waals surface area contributed by atoms with Gasteiger partial charge in [0.1, 0.15) is 17.1 Å². The number of methoxy groups -OCH3 is 1. The zero-order valence-corrected chi connectivity index (χ0v) is 24.6. The van der Waals surface area contributed by atoms with Crippen LogP contribution in [0.25, 0.3) is 0 Å². The Balaban J connectivity index is 1.47.